The standard InChI is InChI=1S/C10H12O2S/c1-7(5-11)10-3-2-9(13)4-8(10)6-12/h2-5,7,12-13H,6H2,1H3. The molecule has 1 atom stereocenters. The number of aliphatic hydroxyl groups excluding tert-OH is 1. The molecule has 0 bridgehead atoms. The van der Waals surface area contributed by atoms with Gasteiger partial charge in [0.15, 0.2) is 0 Å². The molecule has 1 unspecified atom stereocenters. The van der Waals surface area contributed by atoms with Gasteiger partial charge in [-0.3, -0.25) is 0 Å². The van der Waals surface area contributed by atoms with Gasteiger partial charge >= 0.3 is 0 Å². The Kier molecular flexibility index (Phi) is 3.51. The van der Waals surface area contributed by atoms with Crippen LogP contribution in [0.5, 0.6) is 0 Å². The maximum Gasteiger partial charge on any atom is 0.127 e. The third kappa shape index (κ3) is 2.32. The average Bonchev–Trinajstić information content (AvgIpc) is 2.16. The highest BCUT2D eigenvalue weighted by Crippen LogP contribution is 2.21. The van der Waals surface area contributed by atoms with Crippen LogP contribution in [0.15, 0.2) is 23.1 Å². The lowest BCUT2D eigenvalue weighted by Gasteiger charge is -2.10. The van der Waals surface area contributed by atoms with Crippen molar-refractivity contribution in [2.24, 2.45) is 0 Å². The van der Waals surface area contributed by atoms with Crippen molar-refractivity contribution in [2.45, 2.75) is 24.3 Å². The molecule has 2 nitrogen and oxygen atoms in total. The predicted octanol–water partition coefficient (Wildman–Crippen LogP) is 1.77. The molecule has 0 radical (unpaired) electrons. The van der Waals surface area contributed by atoms with E-state index in [2.05, 4.69) is 12.6 Å². The number of hydrogen-bond donors (Lipinski definition) is 2. The van der Waals surface area contributed by atoms with Crippen molar-refractivity contribution in [3.8, 4) is 0 Å². The van der Waals surface area contributed by atoms with Crippen LogP contribution in [0.1, 0.15) is 24.0 Å². The summed E-state index contributed by atoms with van der Waals surface area (Å²) in [7, 11) is 0. The minimum absolute atomic E-state index is 0.0537. The van der Waals surface area contributed by atoms with Crippen molar-refractivity contribution in [3.63, 3.8) is 0 Å². The summed E-state index contributed by atoms with van der Waals surface area (Å²) in [4.78, 5) is 11.4. The van der Waals surface area contributed by atoms with E-state index in [1.54, 1.807) is 13.0 Å². The van der Waals surface area contributed by atoms with Crippen molar-refractivity contribution < 1.29 is 9.90 Å². The topological polar surface area (TPSA) is 37.3 Å². The summed E-state index contributed by atoms with van der Waals surface area (Å²) in [5, 5.41) is 9.04. The maximum absolute atomic E-state index is 10.6. The Balaban J connectivity index is 3.12. The molecule has 1 N–H and O–H groups in total. The van der Waals surface area contributed by atoms with Crippen molar-refractivity contribution in [3.05, 3.63) is 29.3 Å². The van der Waals surface area contributed by atoms with E-state index in [0.29, 0.717) is 0 Å². The highest BCUT2D eigenvalue weighted by Gasteiger charge is 2.08. The smallest absolute Gasteiger partial charge is 0.127 e. The molecule has 1 aromatic rings. The van der Waals surface area contributed by atoms with Gasteiger partial charge in [-0.05, 0) is 23.3 Å². The first-order valence-electron chi connectivity index (χ1n) is 4.07. The van der Waals surface area contributed by atoms with Crippen LogP contribution in [0.4, 0.5) is 0 Å². The fraction of sp³-hybridized carbons (Fsp3) is 0.300. The molecule has 1 aromatic carbocycles. The van der Waals surface area contributed by atoms with Gasteiger partial charge in [0.25, 0.3) is 0 Å². The summed E-state index contributed by atoms with van der Waals surface area (Å²) in [5.74, 6) is -0.170. The molecule has 0 aliphatic carbocycles. The van der Waals surface area contributed by atoms with Crippen LogP contribution in [-0.4, -0.2) is 11.4 Å². The van der Waals surface area contributed by atoms with Gasteiger partial charge in [0.05, 0.1) is 6.61 Å². The molecule has 1 rings (SSSR count). The average molecular weight is 196 g/mol. The van der Waals surface area contributed by atoms with E-state index in [4.69, 9.17) is 5.11 Å². The number of thiol groups is 1. The first kappa shape index (κ1) is 10.3. The maximum atomic E-state index is 10.6. The molecule has 0 aliphatic rings. The van der Waals surface area contributed by atoms with Gasteiger partial charge in [0.1, 0.15) is 6.29 Å². The SMILES string of the molecule is CC(C=O)c1ccc(S)cc1CO. The van der Waals surface area contributed by atoms with Gasteiger partial charge < -0.3 is 9.90 Å². The molecule has 0 heterocycles. The Morgan fingerprint density at radius 2 is 2.31 bits per heavy atom. The fourth-order valence-corrected chi connectivity index (χ4v) is 1.48. The highest BCUT2D eigenvalue weighted by molar-refractivity contribution is 7.80. The number of hydrogen-bond acceptors (Lipinski definition) is 3. The monoisotopic (exact) mass is 196 g/mol. The lowest BCUT2D eigenvalue weighted by Crippen LogP contribution is -2.00. The van der Waals surface area contributed by atoms with Crippen LogP contribution in [0.2, 0.25) is 0 Å². The van der Waals surface area contributed by atoms with E-state index >= 15 is 0 Å². The zero-order valence-corrected chi connectivity index (χ0v) is 8.29. The Bertz CT molecular complexity index is 310. The number of carbonyl (C=O) groups excluding carboxylic acids is 1. The molecule has 0 aliphatic heterocycles. The number of aliphatic hydroxyl groups is 1. The first-order valence-corrected chi connectivity index (χ1v) is 4.51. The van der Waals surface area contributed by atoms with Crippen LogP contribution in [0.3, 0.4) is 0 Å². The van der Waals surface area contributed by atoms with Gasteiger partial charge in [-0.2, -0.15) is 0 Å². The molecule has 3 heteroatoms. The largest absolute Gasteiger partial charge is 0.392 e. The van der Waals surface area contributed by atoms with E-state index in [1.165, 1.54) is 0 Å². The van der Waals surface area contributed by atoms with Crippen LogP contribution in [-0.2, 0) is 11.4 Å². The third-order valence-corrected chi connectivity index (χ3v) is 2.27. The summed E-state index contributed by atoms with van der Waals surface area (Å²) >= 11 is 4.15. The fourth-order valence-electron chi connectivity index (χ4n) is 1.25. The molecule has 0 amide bonds. The van der Waals surface area contributed by atoms with Crippen molar-refractivity contribution >= 4 is 18.9 Å². The molecular weight excluding hydrogens is 184 g/mol. The van der Waals surface area contributed by atoms with E-state index in [1.807, 2.05) is 12.1 Å². The van der Waals surface area contributed by atoms with Gasteiger partial charge in [-0.15, -0.1) is 12.6 Å². The second-order valence-corrected chi connectivity index (χ2v) is 3.48. The molecule has 13 heavy (non-hydrogen) atoms. The Labute approximate surface area is 83.0 Å². The normalized spacial score (nSPS) is 12.5. The Hall–Kier alpha value is -0.800. The van der Waals surface area contributed by atoms with Crippen molar-refractivity contribution in [2.75, 3.05) is 0 Å². The molecule has 0 saturated heterocycles. The predicted molar refractivity (Wildman–Crippen MR) is 54.1 cm³/mol. The van der Waals surface area contributed by atoms with Crippen LogP contribution >= 0.6 is 12.6 Å². The van der Waals surface area contributed by atoms with E-state index in [0.717, 1.165) is 22.3 Å². The minimum Gasteiger partial charge on any atom is -0.392 e. The molecule has 0 fully saturated rings. The van der Waals surface area contributed by atoms with Crippen LogP contribution in [0, 0.1) is 0 Å². The van der Waals surface area contributed by atoms with Gasteiger partial charge in [-0.25, -0.2) is 0 Å². The highest BCUT2D eigenvalue weighted by atomic mass is 32.1. The summed E-state index contributed by atoms with van der Waals surface area (Å²) in [5.41, 5.74) is 1.64. The number of carbonyl (C=O) groups is 1. The Morgan fingerprint density at radius 1 is 1.62 bits per heavy atom. The Morgan fingerprint density at radius 3 is 2.85 bits per heavy atom. The number of benzene rings is 1. The quantitative estimate of drug-likeness (QED) is 0.571. The number of rotatable bonds is 3. The number of aldehydes is 1. The van der Waals surface area contributed by atoms with Gasteiger partial charge in [0, 0.05) is 10.8 Å². The summed E-state index contributed by atoms with van der Waals surface area (Å²) < 4.78 is 0. The summed E-state index contributed by atoms with van der Waals surface area (Å²) in [6.07, 6.45) is 0.868. The van der Waals surface area contributed by atoms with Crippen LogP contribution in [0.25, 0.3) is 0 Å². The van der Waals surface area contributed by atoms with Crippen molar-refractivity contribution in [1.29, 1.82) is 0 Å². The van der Waals surface area contributed by atoms with E-state index < -0.39 is 0 Å². The minimum atomic E-state index is -0.170. The van der Waals surface area contributed by atoms with Gasteiger partial charge in [-0.1, -0.05) is 13.0 Å². The zero-order valence-electron chi connectivity index (χ0n) is 7.40. The zero-order chi connectivity index (χ0) is 9.84. The lowest BCUT2D eigenvalue weighted by molar-refractivity contribution is -0.108. The second kappa shape index (κ2) is 4.44. The summed E-state index contributed by atoms with van der Waals surface area (Å²) in [6, 6.07) is 5.42. The molecule has 0 saturated carbocycles. The molecular formula is C10H12O2S. The molecule has 0 spiro atoms. The first-order chi connectivity index (χ1) is 6.19. The van der Waals surface area contributed by atoms with Crippen LogP contribution < -0.4 is 0 Å². The van der Waals surface area contributed by atoms with E-state index in [-0.39, 0.29) is 12.5 Å². The second-order valence-electron chi connectivity index (χ2n) is 2.97. The lowest BCUT2D eigenvalue weighted by atomic mass is 9.97. The third-order valence-electron chi connectivity index (χ3n) is 1.99. The van der Waals surface area contributed by atoms with Gasteiger partial charge in [0.2, 0.25) is 0 Å². The molecule has 0 aromatic heterocycles. The molecule has 70 valence electrons. The van der Waals surface area contributed by atoms with E-state index in [9.17, 15) is 4.79 Å². The summed E-state index contributed by atoms with van der Waals surface area (Å²) in [6.45, 7) is 1.75. The van der Waals surface area contributed by atoms with Crippen molar-refractivity contribution in [1.82, 2.24) is 0 Å².